The minimum absolute atomic E-state index is 0.224. The van der Waals surface area contributed by atoms with Crippen molar-refractivity contribution in [1.82, 2.24) is 0 Å². The highest BCUT2D eigenvalue weighted by atomic mass is 79.9. The van der Waals surface area contributed by atoms with Gasteiger partial charge in [0, 0.05) is 16.3 Å². The standard InChI is InChI=1S/C15H9BrClFNS/c16-15-14(12-3-1-2-4-13(12)18)20-9-19(15)11-7-5-10(17)6-8-11/h1-9H. The summed E-state index contributed by atoms with van der Waals surface area (Å²) in [6.45, 7) is 0. The first-order valence-electron chi connectivity index (χ1n) is 5.86. The molecule has 1 aliphatic rings. The fourth-order valence-corrected chi connectivity index (χ4v) is 3.89. The molecule has 5 heteroatoms. The number of benzene rings is 2. The van der Waals surface area contributed by atoms with Gasteiger partial charge in [-0.25, -0.2) is 4.39 Å². The zero-order valence-electron chi connectivity index (χ0n) is 10.2. The molecular formula is C15H9BrClFNS. The molecule has 101 valence electrons. The molecule has 0 atom stereocenters. The van der Waals surface area contributed by atoms with Crippen molar-refractivity contribution in [3.8, 4) is 0 Å². The lowest BCUT2D eigenvalue weighted by Gasteiger charge is -2.17. The van der Waals surface area contributed by atoms with Crippen LogP contribution in [0.1, 0.15) is 5.56 Å². The van der Waals surface area contributed by atoms with Crippen LogP contribution in [0, 0.1) is 11.7 Å². The van der Waals surface area contributed by atoms with E-state index in [0.29, 0.717) is 10.6 Å². The SMILES string of the molecule is Fc1ccccc1C1=C(Br)N(c2ccc(Cl)cc2)[CH]S1. The van der Waals surface area contributed by atoms with Crippen molar-refractivity contribution < 1.29 is 4.39 Å². The second-order valence-corrected chi connectivity index (χ2v) is 6.21. The third-order valence-electron chi connectivity index (χ3n) is 2.90. The van der Waals surface area contributed by atoms with Gasteiger partial charge in [-0.1, -0.05) is 41.6 Å². The molecule has 3 rings (SSSR count). The van der Waals surface area contributed by atoms with Crippen LogP contribution in [0.15, 0.2) is 53.1 Å². The largest absolute Gasteiger partial charge is 0.319 e. The molecule has 20 heavy (non-hydrogen) atoms. The summed E-state index contributed by atoms with van der Waals surface area (Å²) in [6, 6.07) is 14.3. The van der Waals surface area contributed by atoms with Gasteiger partial charge in [-0.05, 0) is 46.3 Å². The van der Waals surface area contributed by atoms with E-state index in [-0.39, 0.29) is 5.82 Å². The van der Waals surface area contributed by atoms with Crippen LogP contribution in [0.5, 0.6) is 0 Å². The number of rotatable bonds is 2. The fourth-order valence-electron chi connectivity index (χ4n) is 1.91. The normalized spacial score (nSPS) is 15.1. The first kappa shape index (κ1) is 14.0. The highest BCUT2D eigenvalue weighted by molar-refractivity contribution is 9.12. The second kappa shape index (κ2) is 5.80. The van der Waals surface area contributed by atoms with E-state index in [1.165, 1.54) is 17.8 Å². The number of nitrogens with zero attached hydrogens (tertiary/aromatic N) is 1. The van der Waals surface area contributed by atoms with Crippen LogP contribution in [-0.2, 0) is 0 Å². The first-order valence-corrected chi connectivity index (χ1v) is 7.91. The van der Waals surface area contributed by atoms with E-state index >= 15 is 0 Å². The zero-order chi connectivity index (χ0) is 14.1. The monoisotopic (exact) mass is 368 g/mol. The molecule has 0 bridgehead atoms. The van der Waals surface area contributed by atoms with Gasteiger partial charge in [0.1, 0.15) is 16.3 Å². The van der Waals surface area contributed by atoms with E-state index in [1.807, 2.05) is 41.1 Å². The van der Waals surface area contributed by atoms with Crippen LogP contribution >= 0.6 is 39.3 Å². The van der Waals surface area contributed by atoms with Crippen LogP contribution in [0.3, 0.4) is 0 Å². The summed E-state index contributed by atoms with van der Waals surface area (Å²) >= 11 is 10.9. The van der Waals surface area contributed by atoms with Gasteiger partial charge in [0.05, 0.1) is 4.91 Å². The smallest absolute Gasteiger partial charge is 0.131 e. The average molecular weight is 370 g/mol. The molecule has 1 heterocycles. The van der Waals surface area contributed by atoms with Crippen LogP contribution in [0.4, 0.5) is 10.1 Å². The maximum atomic E-state index is 13.9. The summed E-state index contributed by atoms with van der Waals surface area (Å²) in [6.07, 6.45) is 0. The van der Waals surface area contributed by atoms with E-state index in [0.717, 1.165) is 15.2 Å². The predicted octanol–water partition coefficient (Wildman–Crippen LogP) is 5.87. The van der Waals surface area contributed by atoms with Gasteiger partial charge in [-0.15, -0.1) is 0 Å². The summed E-state index contributed by atoms with van der Waals surface area (Å²) in [5.41, 5.74) is 1.57. The first-order chi connectivity index (χ1) is 9.66. The molecule has 2 aromatic carbocycles. The summed E-state index contributed by atoms with van der Waals surface area (Å²) in [7, 11) is 0. The number of hydrogen-bond donors (Lipinski definition) is 0. The van der Waals surface area contributed by atoms with E-state index < -0.39 is 0 Å². The van der Waals surface area contributed by atoms with Crippen LogP contribution in [0.25, 0.3) is 4.91 Å². The molecule has 1 aliphatic heterocycles. The second-order valence-electron chi connectivity index (χ2n) is 4.17. The van der Waals surface area contributed by atoms with Gasteiger partial charge < -0.3 is 4.90 Å². The Balaban J connectivity index is 1.98. The zero-order valence-corrected chi connectivity index (χ0v) is 13.3. The predicted molar refractivity (Wildman–Crippen MR) is 88.1 cm³/mol. The van der Waals surface area contributed by atoms with Crippen molar-refractivity contribution in [1.29, 1.82) is 0 Å². The lowest BCUT2D eigenvalue weighted by atomic mass is 10.2. The Bertz CT molecular complexity index is 672. The van der Waals surface area contributed by atoms with Gasteiger partial charge in [-0.3, -0.25) is 0 Å². The van der Waals surface area contributed by atoms with Gasteiger partial charge in [0.2, 0.25) is 0 Å². The van der Waals surface area contributed by atoms with Crippen molar-refractivity contribution in [3.63, 3.8) is 0 Å². The summed E-state index contributed by atoms with van der Waals surface area (Å²) in [4.78, 5) is 2.82. The van der Waals surface area contributed by atoms with E-state index in [1.54, 1.807) is 12.1 Å². The van der Waals surface area contributed by atoms with Crippen molar-refractivity contribution in [2.45, 2.75) is 0 Å². The maximum absolute atomic E-state index is 13.9. The molecule has 0 fully saturated rings. The fraction of sp³-hybridized carbons (Fsp3) is 0. The van der Waals surface area contributed by atoms with E-state index in [9.17, 15) is 4.39 Å². The van der Waals surface area contributed by atoms with E-state index in [2.05, 4.69) is 15.9 Å². The van der Waals surface area contributed by atoms with Gasteiger partial charge in [0.15, 0.2) is 0 Å². The van der Waals surface area contributed by atoms with E-state index in [4.69, 9.17) is 11.6 Å². The van der Waals surface area contributed by atoms with Gasteiger partial charge in [0.25, 0.3) is 0 Å². The summed E-state index contributed by atoms with van der Waals surface area (Å²) in [5.74, 6) is 1.72. The minimum atomic E-state index is -0.224. The Labute approximate surface area is 134 Å². The average Bonchev–Trinajstić information content (AvgIpc) is 2.82. The molecule has 0 saturated carbocycles. The topological polar surface area (TPSA) is 3.24 Å². The number of halogens is 3. The lowest BCUT2D eigenvalue weighted by Crippen LogP contribution is -2.10. The number of hydrogen-bond acceptors (Lipinski definition) is 2. The summed E-state index contributed by atoms with van der Waals surface area (Å²) in [5, 5.41) is 0.690. The molecule has 2 aromatic rings. The molecule has 0 aromatic heterocycles. The van der Waals surface area contributed by atoms with Crippen LogP contribution in [-0.4, -0.2) is 0 Å². The van der Waals surface area contributed by atoms with Crippen molar-refractivity contribution in [2.24, 2.45) is 0 Å². The molecule has 0 N–H and O–H groups in total. The molecular weight excluding hydrogens is 361 g/mol. The maximum Gasteiger partial charge on any atom is 0.131 e. The highest BCUT2D eigenvalue weighted by Crippen LogP contribution is 2.47. The third kappa shape index (κ3) is 2.60. The summed E-state index contributed by atoms with van der Waals surface area (Å²) < 4.78 is 14.7. The Morgan fingerprint density at radius 2 is 1.75 bits per heavy atom. The minimum Gasteiger partial charge on any atom is -0.319 e. The van der Waals surface area contributed by atoms with Crippen LogP contribution < -0.4 is 4.90 Å². The molecule has 0 aliphatic carbocycles. The van der Waals surface area contributed by atoms with Gasteiger partial charge >= 0.3 is 0 Å². The molecule has 0 unspecified atom stereocenters. The molecule has 0 saturated heterocycles. The highest BCUT2D eigenvalue weighted by Gasteiger charge is 2.25. The Morgan fingerprint density at radius 3 is 2.45 bits per heavy atom. The lowest BCUT2D eigenvalue weighted by molar-refractivity contribution is 0.625. The molecule has 0 spiro atoms. The van der Waals surface area contributed by atoms with Gasteiger partial charge in [-0.2, -0.15) is 0 Å². The van der Waals surface area contributed by atoms with Crippen molar-refractivity contribution in [3.05, 3.63) is 75.4 Å². The van der Waals surface area contributed by atoms with Crippen LogP contribution in [0.2, 0.25) is 5.02 Å². The number of thioether (sulfide) groups is 1. The quantitative estimate of drug-likeness (QED) is 0.609. The molecule has 1 radical (unpaired) electrons. The Kier molecular flexibility index (Phi) is 4.06. The Morgan fingerprint density at radius 1 is 1.05 bits per heavy atom. The Hall–Kier alpha value is -0.970. The van der Waals surface area contributed by atoms with Crippen molar-refractivity contribution in [2.75, 3.05) is 4.90 Å². The third-order valence-corrected chi connectivity index (χ3v) is 5.16. The van der Waals surface area contributed by atoms with Crippen molar-refractivity contribution >= 4 is 49.9 Å². The molecule has 0 amide bonds. The number of anilines is 1. The molecule has 1 nitrogen and oxygen atoms in total.